The van der Waals surface area contributed by atoms with Gasteiger partial charge in [-0.15, -0.1) is 0 Å². The number of rotatable bonds is 6. The summed E-state index contributed by atoms with van der Waals surface area (Å²) in [5, 5.41) is 4.04. The molecule has 0 atom stereocenters. The van der Waals surface area contributed by atoms with E-state index < -0.39 is 9.84 Å². The van der Waals surface area contributed by atoms with Crippen LogP contribution in [-0.2, 0) is 16.4 Å². The van der Waals surface area contributed by atoms with Crippen molar-refractivity contribution in [1.82, 2.24) is 9.78 Å². The van der Waals surface area contributed by atoms with Crippen LogP contribution in [0.1, 0.15) is 37.6 Å². The molecule has 1 aromatic heterocycles. The van der Waals surface area contributed by atoms with Crippen LogP contribution < -0.4 is 0 Å². The number of hydrogen-bond donors (Lipinski definition) is 0. The van der Waals surface area contributed by atoms with Crippen LogP contribution in [0.3, 0.4) is 0 Å². The highest BCUT2D eigenvalue weighted by Crippen LogP contribution is 2.17. The molecule has 0 N–H and O–H groups in total. The SMILES string of the molecule is CCCS(=O)(=O)c1c(C=O)cnn1CC(C)C. The van der Waals surface area contributed by atoms with Gasteiger partial charge in [0.2, 0.25) is 0 Å². The molecule has 96 valence electrons. The standard InChI is InChI=1S/C11H18N2O3S/c1-4-5-17(15,16)11-10(8-14)6-12-13(11)7-9(2)3/h6,8-9H,4-5,7H2,1-3H3. The lowest BCUT2D eigenvalue weighted by molar-refractivity contribution is 0.112. The zero-order valence-corrected chi connectivity index (χ0v) is 11.2. The summed E-state index contributed by atoms with van der Waals surface area (Å²) in [4.78, 5) is 10.9. The predicted octanol–water partition coefficient (Wildman–Crippen LogP) is 1.54. The smallest absolute Gasteiger partial charge is 0.196 e. The first-order valence-electron chi connectivity index (χ1n) is 5.66. The Morgan fingerprint density at radius 1 is 1.47 bits per heavy atom. The highest BCUT2D eigenvalue weighted by molar-refractivity contribution is 7.91. The second-order valence-corrected chi connectivity index (χ2v) is 6.44. The fraction of sp³-hybridized carbons (Fsp3) is 0.636. The molecule has 0 amide bonds. The highest BCUT2D eigenvalue weighted by Gasteiger charge is 2.24. The number of aldehydes is 1. The van der Waals surface area contributed by atoms with Gasteiger partial charge in [0.05, 0.1) is 17.5 Å². The third-order valence-corrected chi connectivity index (χ3v) is 4.23. The number of nitrogens with zero attached hydrogens (tertiary/aromatic N) is 2. The van der Waals surface area contributed by atoms with Crippen LogP contribution in [0.15, 0.2) is 11.2 Å². The summed E-state index contributed by atoms with van der Waals surface area (Å²) in [5.41, 5.74) is 0.152. The maximum absolute atomic E-state index is 12.1. The van der Waals surface area contributed by atoms with E-state index in [1.807, 2.05) is 13.8 Å². The van der Waals surface area contributed by atoms with E-state index in [2.05, 4.69) is 5.10 Å². The van der Waals surface area contributed by atoms with Gasteiger partial charge in [0.15, 0.2) is 21.1 Å². The van der Waals surface area contributed by atoms with E-state index in [4.69, 9.17) is 0 Å². The van der Waals surface area contributed by atoms with Crippen molar-refractivity contribution in [2.45, 2.75) is 38.8 Å². The van der Waals surface area contributed by atoms with Crippen molar-refractivity contribution in [1.29, 1.82) is 0 Å². The monoisotopic (exact) mass is 258 g/mol. The van der Waals surface area contributed by atoms with Crippen LogP contribution in [0.4, 0.5) is 0 Å². The van der Waals surface area contributed by atoms with Gasteiger partial charge in [-0.2, -0.15) is 5.10 Å². The van der Waals surface area contributed by atoms with Gasteiger partial charge in [0.25, 0.3) is 0 Å². The molecule has 0 bridgehead atoms. The highest BCUT2D eigenvalue weighted by atomic mass is 32.2. The molecule has 0 spiro atoms. The van der Waals surface area contributed by atoms with Crippen molar-refractivity contribution < 1.29 is 13.2 Å². The molecule has 0 saturated heterocycles. The Bertz CT molecular complexity index is 489. The zero-order valence-electron chi connectivity index (χ0n) is 10.4. The Balaban J connectivity index is 3.27. The van der Waals surface area contributed by atoms with Crippen molar-refractivity contribution in [2.75, 3.05) is 5.75 Å². The van der Waals surface area contributed by atoms with Gasteiger partial charge < -0.3 is 0 Å². The maximum Gasteiger partial charge on any atom is 0.196 e. The Labute approximate surface area is 102 Å². The lowest BCUT2D eigenvalue weighted by Gasteiger charge is -2.10. The number of aromatic nitrogens is 2. The summed E-state index contributed by atoms with van der Waals surface area (Å²) in [5.74, 6) is 0.308. The molecule has 1 rings (SSSR count). The van der Waals surface area contributed by atoms with Crippen LogP contribution in [0.25, 0.3) is 0 Å². The molecule has 0 radical (unpaired) electrons. The Kier molecular flexibility index (Phi) is 4.45. The number of hydrogen-bond acceptors (Lipinski definition) is 4. The first-order valence-corrected chi connectivity index (χ1v) is 7.31. The van der Waals surface area contributed by atoms with Gasteiger partial charge >= 0.3 is 0 Å². The maximum atomic E-state index is 12.1. The summed E-state index contributed by atoms with van der Waals surface area (Å²) in [7, 11) is -3.42. The summed E-state index contributed by atoms with van der Waals surface area (Å²) in [6.07, 6.45) is 2.39. The molecule has 0 aromatic carbocycles. The summed E-state index contributed by atoms with van der Waals surface area (Å²) < 4.78 is 25.5. The number of sulfone groups is 1. The third kappa shape index (κ3) is 3.15. The van der Waals surface area contributed by atoms with Crippen LogP contribution in [0.5, 0.6) is 0 Å². The van der Waals surface area contributed by atoms with Crippen LogP contribution in [0, 0.1) is 5.92 Å². The second kappa shape index (κ2) is 5.44. The van der Waals surface area contributed by atoms with Crippen LogP contribution >= 0.6 is 0 Å². The minimum atomic E-state index is -3.42. The molecular weight excluding hydrogens is 240 g/mol. The molecule has 0 saturated carbocycles. The molecule has 0 aliphatic rings. The van der Waals surface area contributed by atoms with E-state index >= 15 is 0 Å². The van der Waals surface area contributed by atoms with E-state index in [9.17, 15) is 13.2 Å². The molecule has 6 heteroatoms. The Hall–Kier alpha value is -1.17. The molecule has 0 aliphatic carbocycles. The van der Waals surface area contributed by atoms with E-state index in [-0.39, 0.29) is 22.3 Å². The lowest BCUT2D eigenvalue weighted by Crippen LogP contribution is -2.17. The van der Waals surface area contributed by atoms with Gasteiger partial charge in [-0.25, -0.2) is 8.42 Å². The van der Waals surface area contributed by atoms with Gasteiger partial charge in [-0.05, 0) is 12.3 Å². The van der Waals surface area contributed by atoms with Crippen LogP contribution in [-0.4, -0.2) is 30.2 Å². The first kappa shape index (κ1) is 13.9. The molecule has 5 nitrogen and oxygen atoms in total. The topological polar surface area (TPSA) is 69.0 Å². The van der Waals surface area contributed by atoms with Crippen molar-refractivity contribution in [3.05, 3.63) is 11.8 Å². The molecule has 0 unspecified atom stereocenters. The Morgan fingerprint density at radius 3 is 2.59 bits per heavy atom. The predicted molar refractivity (Wildman–Crippen MR) is 64.8 cm³/mol. The lowest BCUT2D eigenvalue weighted by atomic mass is 10.2. The van der Waals surface area contributed by atoms with Crippen molar-refractivity contribution >= 4 is 16.1 Å². The molecule has 0 aliphatic heterocycles. The van der Waals surface area contributed by atoms with E-state index in [0.717, 1.165) is 0 Å². The van der Waals surface area contributed by atoms with Crippen molar-refractivity contribution in [2.24, 2.45) is 5.92 Å². The zero-order chi connectivity index (χ0) is 13.1. The summed E-state index contributed by atoms with van der Waals surface area (Å²) in [6, 6.07) is 0. The summed E-state index contributed by atoms with van der Waals surface area (Å²) >= 11 is 0. The van der Waals surface area contributed by atoms with Gasteiger partial charge in [-0.1, -0.05) is 20.8 Å². The van der Waals surface area contributed by atoms with E-state index in [0.29, 0.717) is 19.3 Å². The third-order valence-electron chi connectivity index (χ3n) is 2.25. The molecule has 1 aromatic rings. The average Bonchev–Trinajstić information content (AvgIpc) is 2.60. The fourth-order valence-corrected chi connectivity index (χ4v) is 3.28. The van der Waals surface area contributed by atoms with Gasteiger partial charge in [0, 0.05) is 6.54 Å². The minimum Gasteiger partial charge on any atom is -0.298 e. The largest absolute Gasteiger partial charge is 0.298 e. The fourth-order valence-electron chi connectivity index (χ4n) is 1.65. The number of carbonyl (C=O) groups is 1. The van der Waals surface area contributed by atoms with Gasteiger partial charge in [0.1, 0.15) is 0 Å². The molecule has 0 fully saturated rings. The molecular formula is C11H18N2O3S. The Morgan fingerprint density at radius 2 is 2.12 bits per heavy atom. The quantitative estimate of drug-likeness (QED) is 0.726. The number of carbonyl (C=O) groups excluding carboxylic acids is 1. The second-order valence-electron chi connectivity index (χ2n) is 4.42. The van der Waals surface area contributed by atoms with Crippen molar-refractivity contribution in [3.63, 3.8) is 0 Å². The minimum absolute atomic E-state index is 0.0393. The van der Waals surface area contributed by atoms with Gasteiger partial charge in [-0.3, -0.25) is 9.48 Å². The van der Waals surface area contributed by atoms with E-state index in [1.165, 1.54) is 10.9 Å². The molecule has 17 heavy (non-hydrogen) atoms. The molecule has 1 heterocycles. The van der Waals surface area contributed by atoms with Crippen LogP contribution in [0.2, 0.25) is 0 Å². The first-order chi connectivity index (χ1) is 7.92. The summed E-state index contributed by atoms with van der Waals surface area (Å²) in [6.45, 7) is 6.23. The average molecular weight is 258 g/mol. The van der Waals surface area contributed by atoms with E-state index in [1.54, 1.807) is 6.92 Å². The van der Waals surface area contributed by atoms with Crippen molar-refractivity contribution in [3.8, 4) is 0 Å². The normalized spacial score (nSPS) is 12.0.